The van der Waals surface area contributed by atoms with Crippen LogP contribution >= 0.6 is 0 Å². The van der Waals surface area contributed by atoms with Gasteiger partial charge in [-0.1, -0.05) is 31.0 Å². The number of hydrogen-bond acceptors (Lipinski definition) is 4. The summed E-state index contributed by atoms with van der Waals surface area (Å²) in [7, 11) is 0. The summed E-state index contributed by atoms with van der Waals surface area (Å²) >= 11 is -2.09. The minimum atomic E-state index is -2.09. The van der Waals surface area contributed by atoms with Crippen LogP contribution in [-0.2, 0) is 20.6 Å². The smallest absolute Gasteiger partial charge is 0.330 e. The molecule has 0 aliphatic carbocycles. The molecule has 0 aromatic carbocycles. The maximum atomic E-state index is 10.7. The first kappa shape index (κ1) is 13.3. The van der Waals surface area contributed by atoms with Crippen molar-refractivity contribution in [2.24, 2.45) is 0 Å². The standard InChI is InChI=1S/C9H16O4S/c1-3-5-8(14(11)12)6-7-13-9(10)4-2/h4,8H,2-3,5-7H2,1H3,(H,11,12)/p-1. The number of ether oxygens (including phenoxy) is 1. The van der Waals surface area contributed by atoms with Gasteiger partial charge in [-0.05, 0) is 12.8 Å². The lowest BCUT2D eigenvalue weighted by Crippen LogP contribution is -2.18. The van der Waals surface area contributed by atoms with Crippen LogP contribution in [-0.4, -0.2) is 26.6 Å². The van der Waals surface area contributed by atoms with E-state index in [0.717, 1.165) is 12.5 Å². The summed E-state index contributed by atoms with van der Waals surface area (Å²) in [5.74, 6) is -0.517. The van der Waals surface area contributed by atoms with Crippen molar-refractivity contribution in [3.05, 3.63) is 12.7 Å². The molecule has 0 N–H and O–H groups in total. The molecule has 0 amide bonds. The van der Waals surface area contributed by atoms with E-state index in [1.807, 2.05) is 6.92 Å². The van der Waals surface area contributed by atoms with Crippen LogP contribution in [0.25, 0.3) is 0 Å². The van der Waals surface area contributed by atoms with Crippen LogP contribution in [0.3, 0.4) is 0 Å². The van der Waals surface area contributed by atoms with Crippen molar-refractivity contribution in [3.63, 3.8) is 0 Å². The topological polar surface area (TPSA) is 66.4 Å². The van der Waals surface area contributed by atoms with Crippen LogP contribution in [0.1, 0.15) is 26.2 Å². The second-order valence-corrected chi connectivity index (χ2v) is 4.02. The number of hydrogen-bond donors (Lipinski definition) is 0. The van der Waals surface area contributed by atoms with Crippen LogP contribution < -0.4 is 0 Å². The van der Waals surface area contributed by atoms with Gasteiger partial charge in [0.25, 0.3) is 0 Å². The molecule has 0 heterocycles. The Labute approximate surface area is 86.6 Å². The van der Waals surface area contributed by atoms with E-state index in [4.69, 9.17) is 0 Å². The Morgan fingerprint density at radius 2 is 2.29 bits per heavy atom. The largest absolute Gasteiger partial charge is 0.772 e. The van der Waals surface area contributed by atoms with Crippen molar-refractivity contribution in [2.75, 3.05) is 6.61 Å². The van der Waals surface area contributed by atoms with E-state index >= 15 is 0 Å². The van der Waals surface area contributed by atoms with Gasteiger partial charge in [0.1, 0.15) is 0 Å². The highest BCUT2D eigenvalue weighted by molar-refractivity contribution is 7.79. The Bertz CT molecular complexity index is 215. The molecule has 82 valence electrons. The number of carbonyl (C=O) groups excluding carboxylic acids is 1. The first-order valence-electron chi connectivity index (χ1n) is 4.49. The van der Waals surface area contributed by atoms with Gasteiger partial charge in [0.15, 0.2) is 0 Å². The van der Waals surface area contributed by atoms with Gasteiger partial charge in [-0.3, -0.25) is 4.21 Å². The third-order valence-corrected chi connectivity index (χ3v) is 2.75. The zero-order chi connectivity index (χ0) is 11.0. The average Bonchev–Trinajstić information content (AvgIpc) is 2.16. The lowest BCUT2D eigenvalue weighted by Gasteiger charge is -2.18. The molecular weight excluding hydrogens is 204 g/mol. The van der Waals surface area contributed by atoms with E-state index in [0.29, 0.717) is 12.8 Å². The summed E-state index contributed by atoms with van der Waals surface area (Å²) < 4.78 is 26.0. The fourth-order valence-electron chi connectivity index (χ4n) is 1.01. The summed E-state index contributed by atoms with van der Waals surface area (Å²) in [5.41, 5.74) is 0. The van der Waals surface area contributed by atoms with E-state index < -0.39 is 22.3 Å². The fourth-order valence-corrected chi connectivity index (χ4v) is 1.73. The summed E-state index contributed by atoms with van der Waals surface area (Å²) in [5, 5.41) is -0.419. The highest BCUT2D eigenvalue weighted by Gasteiger charge is 2.08. The Kier molecular flexibility index (Phi) is 7.32. The quantitative estimate of drug-likeness (QED) is 0.366. The Morgan fingerprint density at radius 3 is 2.71 bits per heavy atom. The molecule has 0 spiro atoms. The molecule has 0 aromatic heterocycles. The number of carbonyl (C=O) groups is 1. The van der Waals surface area contributed by atoms with Gasteiger partial charge < -0.3 is 9.29 Å². The van der Waals surface area contributed by atoms with Crippen LogP contribution in [0.15, 0.2) is 12.7 Å². The van der Waals surface area contributed by atoms with Gasteiger partial charge in [-0.2, -0.15) is 0 Å². The molecule has 0 aliphatic heterocycles. The molecule has 2 atom stereocenters. The summed E-state index contributed by atoms with van der Waals surface area (Å²) in [6, 6.07) is 0. The highest BCUT2D eigenvalue weighted by Crippen LogP contribution is 2.08. The van der Waals surface area contributed by atoms with Gasteiger partial charge in [-0.15, -0.1) is 0 Å². The lowest BCUT2D eigenvalue weighted by molar-refractivity contribution is -0.137. The van der Waals surface area contributed by atoms with Crippen molar-refractivity contribution >= 4 is 17.0 Å². The molecule has 4 nitrogen and oxygen atoms in total. The molecule has 5 heteroatoms. The molecule has 0 aromatic rings. The van der Waals surface area contributed by atoms with Gasteiger partial charge in [0.05, 0.1) is 6.61 Å². The summed E-state index contributed by atoms with van der Waals surface area (Å²) in [6.07, 6.45) is 2.81. The van der Waals surface area contributed by atoms with Crippen LogP contribution in [0.2, 0.25) is 0 Å². The molecule has 0 radical (unpaired) electrons. The first-order chi connectivity index (χ1) is 6.61. The van der Waals surface area contributed by atoms with Crippen LogP contribution in [0.5, 0.6) is 0 Å². The minimum Gasteiger partial charge on any atom is -0.772 e. The Morgan fingerprint density at radius 1 is 1.64 bits per heavy atom. The zero-order valence-corrected chi connectivity index (χ0v) is 9.05. The van der Waals surface area contributed by atoms with Gasteiger partial charge in [0.2, 0.25) is 0 Å². The minimum absolute atomic E-state index is 0.128. The molecule has 0 bridgehead atoms. The highest BCUT2D eigenvalue weighted by atomic mass is 32.2. The SMILES string of the molecule is C=CC(=O)OCCC(CCC)S(=O)[O-]. The van der Waals surface area contributed by atoms with E-state index in [2.05, 4.69) is 11.3 Å². The second-order valence-electron chi connectivity index (χ2n) is 2.83. The number of rotatable bonds is 7. The van der Waals surface area contributed by atoms with Crippen molar-refractivity contribution in [3.8, 4) is 0 Å². The first-order valence-corrected chi connectivity index (χ1v) is 5.62. The van der Waals surface area contributed by atoms with E-state index in [1.165, 1.54) is 0 Å². The maximum absolute atomic E-state index is 10.7. The predicted molar refractivity (Wildman–Crippen MR) is 53.4 cm³/mol. The van der Waals surface area contributed by atoms with Gasteiger partial charge >= 0.3 is 5.97 Å². The molecule has 0 aliphatic rings. The Balaban J connectivity index is 3.76. The van der Waals surface area contributed by atoms with Gasteiger partial charge in [0, 0.05) is 11.3 Å². The summed E-state index contributed by atoms with van der Waals surface area (Å²) in [4.78, 5) is 10.6. The van der Waals surface area contributed by atoms with Crippen molar-refractivity contribution in [1.82, 2.24) is 0 Å². The Hall–Kier alpha value is -0.680. The average molecular weight is 219 g/mol. The maximum Gasteiger partial charge on any atom is 0.330 e. The number of esters is 1. The second kappa shape index (κ2) is 7.70. The zero-order valence-electron chi connectivity index (χ0n) is 8.23. The normalized spacial score (nSPS) is 14.4. The van der Waals surface area contributed by atoms with Crippen molar-refractivity contribution < 1.29 is 18.3 Å². The van der Waals surface area contributed by atoms with Crippen LogP contribution in [0.4, 0.5) is 0 Å². The third-order valence-electron chi connectivity index (χ3n) is 1.73. The van der Waals surface area contributed by atoms with Gasteiger partial charge in [-0.25, -0.2) is 4.79 Å². The van der Waals surface area contributed by atoms with E-state index in [9.17, 15) is 13.6 Å². The van der Waals surface area contributed by atoms with Crippen LogP contribution in [0, 0.1) is 0 Å². The monoisotopic (exact) mass is 219 g/mol. The predicted octanol–water partition coefficient (Wildman–Crippen LogP) is 1.15. The summed E-state index contributed by atoms with van der Waals surface area (Å²) in [6.45, 7) is 5.27. The molecule has 0 saturated heterocycles. The molecule has 14 heavy (non-hydrogen) atoms. The molecular formula is C9H15O4S-. The lowest BCUT2D eigenvalue weighted by atomic mass is 10.2. The molecule has 0 rings (SSSR count). The van der Waals surface area contributed by atoms with E-state index in [1.54, 1.807) is 0 Å². The third kappa shape index (κ3) is 5.88. The van der Waals surface area contributed by atoms with E-state index in [-0.39, 0.29) is 6.61 Å². The van der Waals surface area contributed by atoms with Crippen molar-refractivity contribution in [1.29, 1.82) is 0 Å². The molecule has 2 unspecified atom stereocenters. The van der Waals surface area contributed by atoms with Crippen molar-refractivity contribution in [2.45, 2.75) is 31.4 Å². The fraction of sp³-hybridized carbons (Fsp3) is 0.667. The molecule has 0 fully saturated rings. The molecule has 0 saturated carbocycles.